The Morgan fingerprint density at radius 2 is 1.56 bits per heavy atom. The van der Waals surface area contributed by atoms with Crippen molar-refractivity contribution < 1.29 is 57.6 Å². The van der Waals surface area contributed by atoms with E-state index in [2.05, 4.69) is 10.6 Å². The molecular weight excluding hydrogens is 811 g/mol. The summed E-state index contributed by atoms with van der Waals surface area (Å²) in [4.78, 5) is 74.4. The smallest absolute Gasteiger partial charge is 0.348 e. The number of hydrogen-bond acceptors (Lipinski definition) is 13. The Morgan fingerprint density at radius 1 is 0.857 bits per heavy atom. The molecule has 4 aromatic carbocycles. The van der Waals surface area contributed by atoms with E-state index in [0.29, 0.717) is 33.4 Å². The summed E-state index contributed by atoms with van der Waals surface area (Å²) in [6.45, 7) is 3.58. The number of aliphatic hydroxyl groups is 1. The van der Waals surface area contributed by atoms with Crippen molar-refractivity contribution in [3.05, 3.63) is 149 Å². The van der Waals surface area contributed by atoms with Crippen LogP contribution >= 0.6 is 0 Å². The summed E-state index contributed by atoms with van der Waals surface area (Å²) in [5.74, 6) is -4.30. The lowest BCUT2D eigenvalue weighted by Gasteiger charge is -2.48. The maximum Gasteiger partial charge on any atom is 0.348 e. The Bertz CT molecular complexity index is 2400. The number of ether oxygens (including phenoxy) is 5. The van der Waals surface area contributed by atoms with E-state index in [1.54, 1.807) is 62.4 Å². The number of fused-ring (bicyclic) bond motifs is 4. The lowest BCUT2D eigenvalue weighted by atomic mass is 9.62. The average Bonchev–Trinajstić information content (AvgIpc) is 3.96. The maximum atomic E-state index is 15.1. The van der Waals surface area contributed by atoms with Crippen molar-refractivity contribution in [3.63, 3.8) is 0 Å². The van der Waals surface area contributed by atoms with E-state index in [0.717, 1.165) is 0 Å². The molecule has 15 nitrogen and oxygen atoms in total. The van der Waals surface area contributed by atoms with E-state index in [9.17, 15) is 24.3 Å². The molecule has 2 bridgehead atoms. The van der Waals surface area contributed by atoms with Gasteiger partial charge in [0.1, 0.15) is 36.4 Å². The third-order valence-corrected chi connectivity index (χ3v) is 12.4. The van der Waals surface area contributed by atoms with Gasteiger partial charge in [-0.25, -0.2) is 9.59 Å². The predicted molar refractivity (Wildman–Crippen MR) is 222 cm³/mol. The van der Waals surface area contributed by atoms with Gasteiger partial charge in [0, 0.05) is 47.7 Å². The number of esters is 3. The largest absolute Gasteiger partial charge is 0.462 e. The number of cyclic esters (lactones) is 1. The summed E-state index contributed by atoms with van der Waals surface area (Å²) in [7, 11) is 0. The first-order chi connectivity index (χ1) is 30.4. The van der Waals surface area contributed by atoms with Gasteiger partial charge in [0.2, 0.25) is 17.8 Å². The van der Waals surface area contributed by atoms with Crippen LogP contribution in [-0.4, -0.2) is 96.2 Å². The van der Waals surface area contributed by atoms with Gasteiger partial charge < -0.3 is 39.4 Å². The van der Waals surface area contributed by atoms with Crippen molar-refractivity contribution in [2.45, 2.75) is 75.7 Å². The normalized spacial score (nSPS) is 27.6. The van der Waals surface area contributed by atoms with Crippen molar-refractivity contribution in [1.82, 2.24) is 15.7 Å². The highest BCUT2D eigenvalue weighted by Gasteiger charge is 2.76. The molecule has 5 aliphatic rings. The third-order valence-electron chi connectivity index (χ3n) is 12.4. The zero-order chi connectivity index (χ0) is 43.9. The Hall–Kier alpha value is -6.23. The molecule has 4 aromatic rings. The van der Waals surface area contributed by atoms with E-state index in [1.807, 2.05) is 66.7 Å². The van der Waals surface area contributed by atoms with Crippen LogP contribution in [0.3, 0.4) is 0 Å². The summed E-state index contributed by atoms with van der Waals surface area (Å²) < 4.78 is 30.9. The van der Waals surface area contributed by atoms with E-state index < -0.39 is 77.0 Å². The number of hydroxylamine groups is 2. The molecular formula is C48H47N3O12. The highest BCUT2D eigenvalue weighted by molar-refractivity contribution is 5.95. The van der Waals surface area contributed by atoms with Crippen molar-refractivity contribution in [1.29, 1.82) is 0 Å². The highest BCUT2D eigenvalue weighted by atomic mass is 16.8. The minimum atomic E-state index is -1.54. The molecule has 0 aromatic heterocycles. The van der Waals surface area contributed by atoms with E-state index in [1.165, 1.54) is 11.1 Å². The average molecular weight is 858 g/mol. The van der Waals surface area contributed by atoms with E-state index in [-0.39, 0.29) is 45.2 Å². The SMILES string of the molecule is CC1(C)COC(=O)C1OC(=O)C=Cc1ccccc1CN1OC2C3OC(c4ccccc4)(c4ccccc4)OC3C3CC2(C(=O)NCc2cccc(C(=O)NCCO)c2)C1C(=O)O3. The Labute approximate surface area is 363 Å². The van der Waals surface area contributed by atoms with Crippen LogP contribution in [0.15, 0.2) is 115 Å². The molecule has 9 rings (SSSR count). The molecule has 0 spiro atoms. The molecule has 1 saturated carbocycles. The number of nitrogens with zero attached hydrogens (tertiary/aromatic N) is 1. The lowest BCUT2D eigenvalue weighted by molar-refractivity contribution is -0.213. The summed E-state index contributed by atoms with van der Waals surface area (Å²) >= 11 is 0. The van der Waals surface area contributed by atoms with Crippen molar-refractivity contribution in [2.75, 3.05) is 19.8 Å². The molecule has 63 heavy (non-hydrogen) atoms. The van der Waals surface area contributed by atoms with Crippen molar-refractivity contribution >= 4 is 35.8 Å². The lowest BCUT2D eigenvalue weighted by Crippen LogP contribution is -2.69. The van der Waals surface area contributed by atoms with Crippen LogP contribution in [0.4, 0.5) is 0 Å². The van der Waals surface area contributed by atoms with Crippen LogP contribution in [-0.2, 0) is 66.6 Å². The van der Waals surface area contributed by atoms with Gasteiger partial charge in [-0.15, -0.1) is 0 Å². The van der Waals surface area contributed by atoms with Crippen LogP contribution in [0.2, 0.25) is 0 Å². The van der Waals surface area contributed by atoms with Gasteiger partial charge >= 0.3 is 17.9 Å². The summed E-state index contributed by atoms with van der Waals surface area (Å²) in [6, 6.07) is 31.6. The fourth-order valence-electron chi connectivity index (χ4n) is 9.39. The Kier molecular flexibility index (Phi) is 11.2. The molecule has 0 radical (unpaired) electrons. The minimum absolute atomic E-state index is 0.0146. The van der Waals surface area contributed by atoms with Crippen molar-refractivity contribution in [2.24, 2.45) is 10.8 Å². The highest BCUT2D eigenvalue weighted by Crippen LogP contribution is 2.59. The second-order valence-corrected chi connectivity index (χ2v) is 17.0. The van der Waals surface area contributed by atoms with E-state index >= 15 is 4.79 Å². The number of hydrogen-bond donors (Lipinski definition) is 3. The van der Waals surface area contributed by atoms with Gasteiger partial charge in [-0.1, -0.05) is 111 Å². The number of aliphatic hydroxyl groups excluding tert-OH is 1. The number of carbonyl (C=O) groups excluding carboxylic acids is 5. The minimum Gasteiger partial charge on any atom is -0.462 e. The Balaban J connectivity index is 1.05. The Morgan fingerprint density at radius 3 is 2.25 bits per heavy atom. The first-order valence-electron chi connectivity index (χ1n) is 20.9. The summed E-state index contributed by atoms with van der Waals surface area (Å²) in [5.41, 5.74) is 1.39. The molecule has 4 heterocycles. The van der Waals surface area contributed by atoms with Crippen LogP contribution < -0.4 is 10.6 Å². The van der Waals surface area contributed by atoms with Crippen LogP contribution in [0.25, 0.3) is 6.08 Å². The monoisotopic (exact) mass is 857 g/mol. The molecule has 4 saturated heterocycles. The van der Waals surface area contributed by atoms with E-state index in [4.69, 9.17) is 28.5 Å². The number of amides is 2. The van der Waals surface area contributed by atoms with Gasteiger partial charge in [0.25, 0.3) is 5.91 Å². The van der Waals surface area contributed by atoms with Gasteiger partial charge in [0.05, 0.1) is 13.2 Å². The summed E-state index contributed by atoms with van der Waals surface area (Å²) in [6.07, 6.45) is -1.90. The van der Waals surface area contributed by atoms with Gasteiger partial charge in [0.15, 0.2) is 6.04 Å². The number of carbonyl (C=O) groups is 5. The molecule has 4 aliphatic heterocycles. The quantitative estimate of drug-likeness (QED) is 0.100. The second-order valence-electron chi connectivity index (χ2n) is 17.0. The molecule has 326 valence electrons. The van der Waals surface area contributed by atoms with Crippen LogP contribution in [0, 0.1) is 10.8 Å². The number of nitrogens with one attached hydrogen (secondary N) is 2. The molecule has 5 fully saturated rings. The zero-order valence-electron chi connectivity index (χ0n) is 34.6. The molecule has 7 unspecified atom stereocenters. The predicted octanol–water partition coefficient (Wildman–Crippen LogP) is 3.72. The zero-order valence-corrected chi connectivity index (χ0v) is 34.6. The third kappa shape index (κ3) is 7.59. The first-order valence-corrected chi connectivity index (χ1v) is 20.9. The van der Waals surface area contributed by atoms with Crippen LogP contribution in [0.1, 0.15) is 58.4 Å². The number of benzene rings is 4. The number of rotatable bonds is 13. The second kappa shape index (κ2) is 16.8. The molecule has 7 atom stereocenters. The summed E-state index contributed by atoms with van der Waals surface area (Å²) in [5, 5.41) is 16.4. The van der Waals surface area contributed by atoms with Crippen molar-refractivity contribution in [3.8, 4) is 0 Å². The fourth-order valence-corrected chi connectivity index (χ4v) is 9.39. The first kappa shape index (κ1) is 42.1. The molecule has 1 aliphatic carbocycles. The molecule has 2 amide bonds. The fraction of sp³-hybridized carbons (Fsp3) is 0.354. The van der Waals surface area contributed by atoms with Crippen LogP contribution in [0.5, 0.6) is 0 Å². The molecule has 15 heteroatoms. The standard InChI is InChI=1S/C48H47N3O12/c1-46(2)28-58-44(56)41(46)60-36(53)21-20-30-13-9-10-14-32(30)27-51-39-43(55)59-35-25-47(39,45(57)50-26-29-12-11-15-31(24-29)42(54)49-22-23-52)40(63-51)38-37(35)61-48(62-38,33-16-5-3-6-17-33)34-18-7-4-8-19-34/h3-21,24,35,37-41,52H,22-23,25-28H2,1-2H3,(H,49,54)(H,50,57). The maximum absolute atomic E-state index is 15.1. The molecule has 3 N–H and O–H groups in total. The van der Waals surface area contributed by atoms with Gasteiger partial charge in [-0.05, 0) is 34.9 Å². The van der Waals surface area contributed by atoms with Gasteiger partial charge in [-0.3, -0.25) is 19.2 Å². The van der Waals surface area contributed by atoms with Gasteiger partial charge in [-0.2, -0.15) is 5.06 Å². The topological polar surface area (TPSA) is 188 Å².